The van der Waals surface area contributed by atoms with E-state index in [0.29, 0.717) is 0 Å². The van der Waals surface area contributed by atoms with E-state index >= 15 is 0 Å². The lowest BCUT2D eigenvalue weighted by atomic mass is 9.75. The topological polar surface area (TPSA) is 41.1 Å². The third-order valence-electron chi connectivity index (χ3n) is 3.82. The van der Waals surface area contributed by atoms with Crippen molar-refractivity contribution in [2.45, 2.75) is 23.6 Å². The number of hydrogen-bond acceptors (Lipinski definition) is 2. The van der Waals surface area contributed by atoms with E-state index in [2.05, 4.69) is 38.7 Å². The fourth-order valence-corrected chi connectivity index (χ4v) is 3.22. The standard InChI is InChI=1S/C13H15BrN2O/c14-7-9-2-3-11-10(6-9)13(12(17)16-11)4-1-5-15-8-13/h2-3,6,15H,1,4-5,7-8H2,(H,16,17). The molecular weight excluding hydrogens is 280 g/mol. The summed E-state index contributed by atoms with van der Waals surface area (Å²) in [5.41, 5.74) is 3.06. The van der Waals surface area contributed by atoms with Gasteiger partial charge in [0.05, 0.1) is 5.41 Å². The summed E-state index contributed by atoms with van der Waals surface area (Å²) >= 11 is 3.47. The van der Waals surface area contributed by atoms with Crippen molar-refractivity contribution in [1.29, 1.82) is 0 Å². The number of hydrogen-bond donors (Lipinski definition) is 2. The van der Waals surface area contributed by atoms with Crippen LogP contribution in [0.3, 0.4) is 0 Å². The number of rotatable bonds is 1. The summed E-state index contributed by atoms with van der Waals surface area (Å²) in [7, 11) is 0. The first-order chi connectivity index (χ1) is 8.26. The van der Waals surface area contributed by atoms with Crippen molar-refractivity contribution in [3.63, 3.8) is 0 Å². The molecule has 0 saturated carbocycles. The van der Waals surface area contributed by atoms with Crippen LogP contribution in [0.15, 0.2) is 18.2 Å². The van der Waals surface area contributed by atoms with E-state index < -0.39 is 0 Å². The summed E-state index contributed by atoms with van der Waals surface area (Å²) < 4.78 is 0. The van der Waals surface area contributed by atoms with Crippen molar-refractivity contribution in [3.8, 4) is 0 Å². The minimum absolute atomic E-state index is 0.159. The zero-order chi connectivity index (χ0) is 11.9. The van der Waals surface area contributed by atoms with Crippen LogP contribution >= 0.6 is 15.9 Å². The van der Waals surface area contributed by atoms with Gasteiger partial charge in [-0.2, -0.15) is 0 Å². The maximum atomic E-state index is 12.2. The second-order valence-corrected chi connectivity index (χ2v) is 5.39. The Morgan fingerprint density at radius 2 is 2.29 bits per heavy atom. The van der Waals surface area contributed by atoms with Gasteiger partial charge in [0.15, 0.2) is 0 Å². The smallest absolute Gasteiger partial charge is 0.236 e. The van der Waals surface area contributed by atoms with Gasteiger partial charge in [-0.15, -0.1) is 0 Å². The van der Waals surface area contributed by atoms with E-state index in [4.69, 9.17) is 0 Å². The molecule has 0 aromatic heterocycles. The fourth-order valence-electron chi connectivity index (χ4n) is 2.87. The first-order valence-corrected chi connectivity index (χ1v) is 7.10. The molecule has 3 nitrogen and oxygen atoms in total. The molecule has 1 atom stereocenters. The number of carbonyl (C=O) groups is 1. The monoisotopic (exact) mass is 294 g/mol. The SMILES string of the molecule is O=C1Nc2ccc(CBr)cc2C12CCCNC2. The molecule has 2 heterocycles. The predicted molar refractivity (Wildman–Crippen MR) is 71.5 cm³/mol. The molecule has 17 heavy (non-hydrogen) atoms. The normalized spacial score (nSPS) is 27.0. The van der Waals surface area contributed by atoms with Crippen LogP contribution in [0.5, 0.6) is 0 Å². The van der Waals surface area contributed by atoms with Gasteiger partial charge in [-0.1, -0.05) is 28.1 Å². The highest BCUT2D eigenvalue weighted by Crippen LogP contribution is 2.42. The number of halogens is 1. The van der Waals surface area contributed by atoms with Gasteiger partial charge in [0, 0.05) is 17.6 Å². The molecule has 0 aliphatic carbocycles. The van der Waals surface area contributed by atoms with Crippen LogP contribution in [-0.2, 0) is 15.5 Å². The van der Waals surface area contributed by atoms with E-state index in [1.165, 1.54) is 11.1 Å². The Morgan fingerprint density at radius 1 is 1.41 bits per heavy atom. The molecule has 1 amide bonds. The van der Waals surface area contributed by atoms with Crippen LogP contribution < -0.4 is 10.6 Å². The maximum absolute atomic E-state index is 12.2. The summed E-state index contributed by atoms with van der Waals surface area (Å²) in [6.45, 7) is 1.78. The third kappa shape index (κ3) is 1.62. The minimum Gasteiger partial charge on any atom is -0.325 e. The van der Waals surface area contributed by atoms with E-state index in [9.17, 15) is 4.79 Å². The highest BCUT2D eigenvalue weighted by molar-refractivity contribution is 9.08. The van der Waals surface area contributed by atoms with Crippen molar-refractivity contribution in [2.75, 3.05) is 18.4 Å². The van der Waals surface area contributed by atoms with Crippen LogP contribution in [0, 0.1) is 0 Å². The largest absolute Gasteiger partial charge is 0.325 e. The van der Waals surface area contributed by atoms with Gasteiger partial charge in [0.1, 0.15) is 0 Å². The Balaban J connectivity index is 2.10. The maximum Gasteiger partial charge on any atom is 0.236 e. The lowest BCUT2D eigenvalue weighted by Gasteiger charge is -2.32. The second-order valence-electron chi connectivity index (χ2n) is 4.83. The lowest BCUT2D eigenvalue weighted by Crippen LogP contribution is -2.47. The highest BCUT2D eigenvalue weighted by Gasteiger charge is 2.47. The van der Waals surface area contributed by atoms with Gasteiger partial charge in [-0.05, 0) is 36.6 Å². The van der Waals surface area contributed by atoms with Crippen molar-refractivity contribution < 1.29 is 4.79 Å². The molecule has 2 aliphatic rings. The predicted octanol–water partition coefficient (Wildman–Crippen LogP) is 2.15. The number of anilines is 1. The Kier molecular flexibility index (Phi) is 2.71. The van der Waals surface area contributed by atoms with Crippen LogP contribution in [0.1, 0.15) is 24.0 Å². The van der Waals surface area contributed by atoms with Crippen LogP contribution in [-0.4, -0.2) is 19.0 Å². The van der Waals surface area contributed by atoms with Crippen molar-refractivity contribution in [2.24, 2.45) is 0 Å². The van der Waals surface area contributed by atoms with Crippen LogP contribution in [0.2, 0.25) is 0 Å². The van der Waals surface area contributed by atoms with Gasteiger partial charge in [-0.25, -0.2) is 0 Å². The Bertz CT molecular complexity index is 466. The number of alkyl halides is 1. The fraction of sp³-hybridized carbons (Fsp3) is 0.462. The molecule has 1 unspecified atom stereocenters. The molecule has 4 heteroatoms. The number of piperidine rings is 1. The molecule has 90 valence electrons. The molecule has 1 fully saturated rings. The summed E-state index contributed by atoms with van der Waals surface area (Å²) in [5.74, 6) is 0.159. The number of nitrogens with one attached hydrogen (secondary N) is 2. The first-order valence-electron chi connectivity index (χ1n) is 5.98. The van der Waals surface area contributed by atoms with Gasteiger partial charge in [0.25, 0.3) is 0 Å². The van der Waals surface area contributed by atoms with Crippen molar-refractivity contribution in [3.05, 3.63) is 29.3 Å². The zero-order valence-corrected chi connectivity index (χ0v) is 11.1. The summed E-state index contributed by atoms with van der Waals surface area (Å²) in [4.78, 5) is 12.2. The third-order valence-corrected chi connectivity index (χ3v) is 4.47. The van der Waals surface area contributed by atoms with Gasteiger partial charge in [0.2, 0.25) is 5.91 Å². The Hall–Kier alpha value is -0.870. The van der Waals surface area contributed by atoms with E-state index in [-0.39, 0.29) is 11.3 Å². The van der Waals surface area contributed by atoms with Crippen molar-refractivity contribution >= 4 is 27.5 Å². The minimum atomic E-state index is -0.328. The number of fused-ring (bicyclic) bond motifs is 2. The van der Waals surface area contributed by atoms with Crippen molar-refractivity contribution in [1.82, 2.24) is 5.32 Å². The highest BCUT2D eigenvalue weighted by atomic mass is 79.9. The molecule has 2 N–H and O–H groups in total. The lowest BCUT2D eigenvalue weighted by molar-refractivity contribution is -0.121. The Labute approximate surface area is 109 Å². The average molecular weight is 295 g/mol. The first kappa shape index (κ1) is 11.2. The number of carbonyl (C=O) groups excluding carboxylic acids is 1. The summed E-state index contributed by atoms with van der Waals surface area (Å²) in [5, 5.41) is 7.20. The molecule has 1 aromatic rings. The van der Waals surface area contributed by atoms with Crippen LogP contribution in [0.4, 0.5) is 5.69 Å². The molecule has 1 aromatic carbocycles. The van der Waals surface area contributed by atoms with Gasteiger partial charge < -0.3 is 10.6 Å². The van der Waals surface area contributed by atoms with Gasteiger partial charge >= 0.3 is 0 Å². The molecule has 3 rings (SSSR count). The molecular formula is C13H15BrN2O. The average Bonchev–Trinajstić information content (AvgIpc) is 2.63. The molecule has 0 radical (unpaired) electrons. The zero-order valence-electron chi connectivity index (χ0n) is 9.55. The van der Waals surface area contributed by atoms with E-state index in [1.54, 1.807) is 0 Å². The number of amides is 1. The molecule has 1 spiro atoms. The quantitative estimate of drug-likeness (QED) is 0.780. The summed E-state index contributed by atoms with van der Waals surface area (Å²) in [6.07, 6.45) is 2.01. The van der Waals surface area contributed by atoms with Crippen LogP contribution in [0.25, 0.3) is 0 Å². The second kappa shape index (κ2) is 4.10. The molecule has 0 bridgehead atoms. The molecule has 2 aliphatic heterocycles. The van der Waals surface area contributed by atoms with Gasteiger partial charge in [-0.3, -0.25) is 4.79 Å². The Morgan fingerprint density at radius 3 is 3.00 bits per heavy atom. The summed E-state index contributed by atoms with van der Waals surface area (Å²) in [6, 6.07) is 6.24. The van der Waals surface area contributed by atoms with E-state index in [0.717, 1.165) is 36.9 Å². The molecule has 1 saturated heterocycles. The van der Waals surface area contributed by atoms with E-state index in [1.807, 2.05) is 6.07 Å². The number of benzene rings is 1.